The molecular formula is C23H36FIN6O. The number of nitrogens with zero attached hydrogens (tertiary/aromatic N) is 3. The topological polar surface area (TPSA) is 75.8 Å². The Balaban J connectivity index is 0.00000363. The molecule has 32 heavy (non-hydrogen) atoms. The summed E-state index contributed by atoms with van der Waals surface area (Å²) in [5, 5.41) is 7.57. The van der Waals surface area contributed by atoms with Gasteiger partial charge in [-0.15, -0.1) is 24.0 Å². The second-order valence-corrected chi connectivity index (χ2v) is 8.22. The molecule has 2 aromatic rings. The molecule has 3 N–H and O–H groups in total. The van der Waals surface area contributed by atoms with Gasteiger partial charge in [0.25, 0.3) is 0 Å². The first-order chi connectivity index (χ1) is 15.0. The maximum Gasteiger partial charge on any atom is 0.239 e. The second-order valence-electron chi connectivity index (χ2n) is 8.22. The minimum absolute atomic E-state index is 0. The van der Waals surface area contributed by atoms with Gasteiger partial charge in [-0.25, -0.2) is 4.39 Å². The van der Waals surface area contributed by atoms with Gasteiger partial charge in [0.2, 0.25) is 5.91 Å². The number of aliphatic imine (C=N–C) groups is 1. The van der Waals surface area contributed by atoms with E-state index >= 15 is 0 Å². The zero-order valence-electron chi connectivity index (χ0n) is 19.3. The number of fused-ring (bicyclic) bond motifs is 1. The Kier molecular flexibility index (Phi) is 10.7. The largest absolute Gasteiger partial charge is 0.361 e. The number of benzene rings is 1. The molecule has 9 heteroatoms. The van der Waals surface area contributed by atoms with E-state index in [1.807, 2.05) is 27.2 Å². The molecule has 2 heterocycles. The summed E-state index contributed by atoms with van der Waals surface area (Å²) in [5.74, 6) is 0.771. The van der Waals surface area contributed by atoms with Crippen LogP contribution in [0.1, 0.15) is 31.7 Å². The number of likely N-dealkylation sites (tertiary alicyclic amines) is 1. The van der Waals surface area contributed by atoms with Gasteiger partial charge in [0.05, 0.1) is 6.04 Å². The average Bonchev–Trinajstić information content (AvgIpc) is 3.37. The zero-order valence-corrected chi connectivity index (χ0v) is 21.6. The number of rotatable bonds is 9. The molecule has 178 valence electrons. The fraction of sp³-hybridized carbons (Fsp3) is 0.565. The lowest BCUT2D eigenvalue weighted by atomic mass is 10.1. The van der Waals surface area contributed by atoms with Crippen molar-refractivity contribution in [2.24, 2.45) is 4.99 Å². The van der Waals surface area contributed by atoms with E-state index in [9.17, 15) is 9.18 Å². The van der Waals surface area contributed by atoms with Crippen molar-refractivity contribution in [1.29, 1.82) is 0 Å². The van der Waals surface area contributed by atoms with E-state index in [-0.39, 0.29) is 41.7 Å². The molecule has 1 aliphatic heterocycles. The van der Waals surface area contributed by atoms with Crippen LogP contribution in [0.4, 0.5) is 4.39 Å². The molecule has 1 aliphatic rings. The Bertz CT molecular complexity index is 900. The number of nitrogens with one attached hydrogen (secondary N) is 3. The molecule has 0 bridgehead atoms. The quantitative estimate of drug-likeness (QED) is 0.192. The SMILES string of the molecule is CCNC(=NCCCN1CCCC1C(=O)N(C)C)NCCc1c[nH]c2ccc(F)cc12.I. The number of guanidine groups is 1. The second kappa shape index (κ2) is 13.0. The summed E-state index contributed by atoms with van der Waals surface area (Å²) in [6.07, 6.45) is 5.65. The van der Waals surface area contributed by atoms with Crippen LogP contribution in [0.25, 0.3) is 10.9 Å². The molecule has 1 atom stereocenters. The van der Waals surface area contributed by atoms with Crippen LogP contribution in [0, 0.1) is 5.82 Å². The summed E-state index contributed by atoms with van der Waals surface area (Å²) in [6.45, 7) is 6.11. The number of aromatic nitrogens is 1. The van der Waals surface area contributed by atoms with Gasteiger partial charge >= 0.3 is 0 Å². The Hall–Kier alpha value is -1.88. The number of likely N-dealkylation sites (N-methyl/N-ethyl adjacent to an activating group) is 1. The van der Waals surface area contributed by atoms with E-state index in [1.54, 1.807) is 17.0 Å². The highest BCUT2D eigenvalue weighted by molar-refractivity contribution is 14.0. The van der Waals surface area contributed by atoms with Gasteiger partial charge in [-0.1, -0.05) is 0 Å². The maximum atomic E-state index is 13.6. The van der Waals surface area contributed by atoms with Crippen molar-refractivity contribution in [1.82, 2.24) is 25.4 Å². The molecular weight excluding hydrogens is 522 g/mol. The van der Waals surface area contributed by atoms with Gasteiger partial charge in [-0.2, -0.15) is 0 Å². The molecule has 1 aromatic heterocycles. The minimum atomic E-state index is -0.219. The van der Waals surface area contributed by atoms with Gasteiger partial charge in [0, 0.05) is 57.4 Å². The van der Waals surface area contributed by atoms with Crippen LogP contribution in [0.2, 0.25) is 0 Å². The summed E-state index contributed by atoms with van der Waals surface area (Å²) < 4.78 is 13.6. The standard InChI is InChI=1S/C23H35FN6O.HI/c1-4-25-23(26-11-6-14-30-13-5-7-21(30)22(31)29(2)3)27-12-10-17-16-28-20-9-8-18(24)15-19(17)20;/h8-9,15-16,21,28H,4-7,10-14H2,1-3H3,(H2,25,26,27);1H. The molecule has 7 nitrogen and oxygen atoms in total. The number of halogens is 2. The first-order valence-corrected chi connectivity index (χ1v) is 11.2. The van der Waals surface area contributed by atoms with Crippen molar-refractivity contribution in [2.75, 3.05) is 46.8 Å². The lowest BCUT2D eigenvalue weighted by molar-refractivity contribution is -0.133. The molecule has 0 aliphatic carbocycles. The highest BCUT2D eigenvalue weighted by Crippen LogP contribution is 2.20. The van der Waals surface area contributed by atoms with E-state index in [0.717, 1.165) is 67.7 Å². The Morgan fingerprint density at radius 2 is 2.16 bits per heavy atom. The van der Waals surface area contributed by atoms with Crippen LogP contribution < -0.4 is 10.6 Å². The van der Waals surface area contributed by atoms with E-state index in [1.165, 1.54) is 6.07 Å². The van der Waals surface area contributed by atoms with E-state index in [0.29, 0.717) is 13.1 Å². The number of aromatic amines is 1. The van der Waals surface area contributed by atoms with Crippen LogP contribution in [0.3, 0.4) is 0 Å². The number of H-pyrrole nitrogens is 1. The third-order valence-electron chi connectivity index (χ3n) is 5.72. The third kappa shape index (κ3) is 7.06. The van der Waals surface area contributed by atoms with Crippen molar-refractivity contribution in [3.63, 3.8) is 0 Å². The van der Waals surface area contributed by atoms with Crippen molar-refractivity contribution in [2.45, 2.75) is 38.6 Å². The van der Waals surface area contributed by atoms with Crippen molar-refractivity contribution in [3.8, 4) is 0 Å². The Morgan fingerprint density at radius 3 is 2.91 bits per heavy atom. The summed E-state index contributed by atoms with van der Waals surface area (Å²) in [7, 11) is 3.65. The summed E-state index contributed by atoms with van der Waals surface area (Å²) in [4.78, 5) is 24.2. The predicted octanol–water partition coefficient (Wildman–Crippen LogP) is 2.97. The number of carbonyl (C=O) groups is 1. The smallest absolute Gasteiger partial charge is 0.239 e. The lowest BCUT2D eigenvalue weighted by Crippen LogP contribution is -2.43. The maximum absolute atomic E-state index is 13.6. The number of carbonyl (C=O) groups excluding carboxylic acids is 1. The van der Waals surface area contributed by atoms with Gasteiger partial charge in [-0.05, 0) is 62.9 Å². The van der Waals surface area contributed by atoms with Crippen LogP contribution in [-0.4, -0.2) is 79.5 Å². The van der Waals surface area contributed by atoms with Crippen LogP contribution >= 0.6 is 24.0 Å². The number of amides is 1. The first-order valence-electron chi connectivity index (χ1n) is 11.2. The lowest BCUT2D eigenvalue weighted by Gasteiger charge is -2.25. The first kappa shape index (κ1) is 26.4. The predicted molar refractivity (Wildman–Crippen MR) is 139 cm³/mol. The molecule has 1 saturated heterocycles. The fourth-order valence-electron chi connectivity index (χ4n) is 4.15. The van der Waals surface area contributed by atoms with Crippen LogP contribution in [-0.2, 0) is 11.2 Å². The number of hydrogen-bond acceptors (Lipinski definition) is 3. The fourth-order valence-corrected chi connectivity index (χ4v) is 4.15. The van der Waals surface area contributed by atoms with Crippen molar-refractivity contribution < 1.29 is 9.18 Å². The zero-order chi connectivity index (χ0) is 22.2. The van der Waals surface area contributed by atoms with Crippen LogP contribution in [0.5, 0.6) is 0 Å². The van der Waals surface area contributed by atoms with Gasteiger partial charge in [-0.3, -0.25) is 14.7 Å². The van der Waals surface area contributed by atoms with Crippen LogP contribution in [0.15, 0.2) is 29.4 Å². The molecule has 1 amide bonds. The van der Waals surface area contributed by atoms with E-state index in [4.69, 9.17) is 0 Å². The normalized spacial score (nSPS) is 16.8. The average molecular weight is 558 g/mol. The van der Waals surface area contributed by atoms with Crippen molar-refractivity contribution in [3.05, 3.63) is 35.8 Å². The highest BCUT2D eigenvalue weighted by Gasteiger charge is 2.30. The Morgan fingerprint density at radius 1 is 1.34 bits per heavy atom. The molecule has 1 unspecified atom stereocenters. The molecule has 0 radical (unpaired) electrons. The molecule has 1 fully saturated rings. The van der Waals surface area contributed by atoms with Gasteiger partial charge < -0.3 is 20.5 Å². The monoisotopic (exact) mass is 558 g/mol. The summed E-state index contributed by atoms with van der Waals surface area (Å²) in [5.41, 5.74) is 2.04. The highest BCUT2D eigenvalue weighted by atomic mass is 127. The van der Waals surface area contributed by atoms with Crippen molar-refractivity contribution >= 4 is 46.7 Å². The van der Waals surface area contributed by atoms with E-state index < -0.39 is 0 Å². The number of hydrogen-bond donors (Lipinski definition) is 3. The molecule has 3 rings (SSSR count). The summed E-state index contributed by atoms with van der Waals surface area (Å²) in [6, 6.07) is 4.83. The minimum Gasteiger partial charge on any atom is -0.361 e. The molecule has 0 spiro atoms. The van der Waals surface area contributed by atoms with E-state index in [2.05, 4.69) is 25.5 Å². The summed E-state index contributed by atoms with van der Waals surface area (Å²) >= 11 is 0. The third-order valence-corrected chi connectivity index (χ3v) is 5.72. The van der Waals surface area contributed by atoms with Gasteiger partial charge in [0.15, 0.2) is 5.96 Å². The molecule has 0 saturated carbocycles. The van der Waals surface area contributed by atoms with Gasteiger partial charge in [0.1, 0.15) is 5.82 Å². The molecule has 1 aromatic carbocycles. The Labute approximate surface area is 207 Å².